The maximum Gasteiger partial charge on any atom is 0.145 e. The van der Waals surface area contributed by atoms with Gasteiger partial charge in [-0.15, -0.1) is 0 Å². The van der Waals surface area contributed by atoms with Crippen LogP contribution >= 0.6 is 35.0 Å². The van der Waals surface area contributed by atoms with Crippen molar-refractivity contribution >= 4 is 40.8 Å². The number of nitrogens with zero attached hydrogens (tertiary/aromatic N) is 1. The van der Waals surface area contributed by atoms with Gasteiger partial charge in [0.25, 0.3) is 0 Å². The largest absolute Gasteiger partial charge is 0.366 e. The average Bonchev–Trinajstić information content (AvgIpc) is 2.71. The molecule has 0 aliphatic heterocycles. The summed E-state index contributed by atoms with van der Waals surface area (Å²) in [6, 6.07) is 2.22. The predicted molar refractivity (Wildman–Crippen MR) is 77.4 cm³/mol. The van der Waals surface area contributed by atoms with Gasteiger partial charge in [-0.3, -0.25) is 0 Å². The van der Waals surface area contributed by atoms with Crippen LogP contribution in [-0.2, 0) is 0 Å². The van der Waals surface area contributed by atoms with Gasteiger partial charge < -0.3 is 5.32 Å². The van der Waals surface area contributed by atoms with Crippen LogP contribution in [-0.4, -0.2) is 22.0 Å². The van der Waals surface area contributed by atoms with E-state index < -0.39 is 0 Å². The van der Waals surface area contributed by atoms with Gasteiger partial charge in [0.2, 0.25) is 0 Å². The monoisotopic (exact) mass is 290 g/mol. The summed E-state index contributed by atoms with van der Waals surface area (Å²) in [6.45, 7) is 2.21. The van der Waals surface area contributed by atoms with Crippen LogP contribution in [0.5, 0.6) is 0 Å². The second-order valence-electron chi connectivity index (χ2n) is 4.22. The summed E-state index contributed by atoms with van der Waals surface area (Å²) >= 11 is 14.0. The Hall–Kier alpha value is -0.120. The second-order valence-corrected chi connectivity index (χ2v) is 6.64. The van der Waals surface area contributed by atoms with Crippen molar-refractivity contribution in [3.05, 3.63) is 22.3 Å². The Labute approximate surface area is 116 Å². The zero-order valence-corrected chi connectivity index (χ0v) is 12.1. The predicted octanol–water partition coefficient (Wildman–Crippen LogP) is 4.47. The maximum absolute atomic E-state index is 6.09. The first kappa shape index (κ1) is 13.3. The summed E-state index contributed by atoms with van der Waals surface area (Å²) in [5.41, 5.74) is 0. The molecule has 1 aromatic heterocycles. The zero-order valence-electron chi connectivity index (χ0n) is 9.75. The number of anilines is 1. The van der Waals surface area contributed by atoms with E-state index in [0.29, 0.717) is 16.1 Å². The molecule has 5 heteroatoms. The topological polar surface area (TPSA) is 24.9 Å². The number of thioether (sulfide) groups is 1. The van der Waals surface area contributed by atoms with Crippen LogP contribution in [0.1, 0.15) is 26.2 Å². The van der Waals surface area contributed by atoms with Crippen LogP contribution in [0.25, 0.3) is 0 Å². The lowest BCUT2D eigenvalue weighted by Gasteiger charge is -2.14. The highest BCUT2D eigenvalue weighted by atomic mass is 35.5. The van der Waals surface area contributed by atoms with E-state index in [0.717, 1.165) is 11.1 Å². The quantitative estimate of drug-likeness (QED) is 0.885. The summed E-state index contributed by atoms with van der Waals surface area (Å²) in [4.78, 5) is 4.23. The molecule has 0 aromatic carbocycles. The Bertz CT molecular complexity index is 387. The highest BCUT2D eigenvalue weighted by Gasteiger charge is 2.25. The van der Waals surface area contributed by atoms with Crippen LogP contribution in [0, 0.1) is 0 Å². The van der Waals surface area contributed by atoms with Crippen LogP contribution in [0.3, 0.4) is 0 Å². The summed E-state index contributed by atoms with van der Waals surface area (Å²) in [7, 11) is 0. The lowest BCUT2D eigenvalue weighted by Crippen LogP contribution is -2.17. The van der Waals surface area contributed by atoms with E-state index in [4.69, 9.17) is 23.2 Å². The molecule has 94 valence electrons. The number of pyridine rings is 1. The Morgan fingerprint density at radius 1 is 1.47 bits per heavy atom. The highest BCUT2D eigenvalue weighted by molar-refractivity contribution is 7.99. The molecule has 2 atom stereocenters. The molecule has 1 saturated carbocycles. The van der Waals surface area contributed by atoms with Crippen molar-refractivity contribution in [2.24, 2.45) is 0 Å². The molecular formula is C12H16Cl2N2S. The first-order valence-corrected chi connectivity index (χ1v) is 7.68. The molecule has 0 saturated heterocycles. The molecule has 0 amide bonds. The molecule has 1 heterocycles. The van der Waals surface area contributed by atoms with E-state index in [1.165, 1.54) is 25.0 Å². The zero-order chi connectivity index (χ0) is 12.3. The van der Waals surface area contributed by atoms with Gasteiger partial charge in [0.05, 0.1) is 10.0 Å². The molecule has 2 rings (SSSR count). The van der Waals surface area contributed by atoms with E-state index in [1.54, 1.807) is 12.3 Å². The van der Waals surface area contributed by atoms with Crippen molar-refractivity contribution < 1.29 is 0 Å². The Kier molecular flexibility index (Phi) is 4.83. The number of hydrogen-bond acceptors (Lipinski definition) is 3. The van der Waals surface area contributed by atoms with Crippen molar-refractivity contribution in [1.82, 2.24) is 4.98 Å². The highest BCUT2D eigenvalue weighted by Crippen LogP contribution is 2.32. The van der Waals surface area contributed by atoms with Crippen LogP contribution in [0.15, 0.2) is 12.3 Å². The minimum absolute atomic E-state index is 0.491. The molecular weight excluding hydrogens is 275 g/mol. The average molecular weight is 291 g/mol. The van der Waals surface area contributed by atoms with Crippen LogP contribution in [0.4, 0.5) is 5.82 Å². The minimum Gasteiger partial charge on any atom is -0.366 e. The van der Waals surface area contributed by atoms with Gasteiger partial charge >= 0.3 is 0 Å². The smallest absolute Gasteiger partial charge is 0.145 e. The van der Waals surface area contributed by atoms with E-state index in [2.05, 4.69) is 17.2 Å². The van der Waals surface area contributed by atoms with Crippen molar-refractivity contribution in [3.8, 4) is 0 Å². The van der Waals surface area contributed by atoms with Crippen molar-refractivity contribution in [3.63, 3.8) is 0 Å². The van der Waals surface area contributed by atoms with Gasteiger partial charge in [0.1, 0.15) is 5.82 Å². The Balaban J connectivity index is 1.93. The normalized spacial score (nSPS) is 23.9. The van der Waals surface area contributed by atoms with Crippen LogP contribution in [0.2, 0.25) is 10.0 Å². The third-order valence-corrected chi connectivity index (χ3v) is 4.66. The van der Waals surface area contributed by atoms with Gasteiger partial charge in [-0.1, -0.05) is 30.1 Å². The third kappa shape index (κ3) is 3.67. The van der Waals surface area contributed by atoms with E-state index in [-0.39, 0.29) is 0 Å². The summed E-state index contributed by atoms with van der Waals surface area (Å²) in [6.07, 6.45) is 5.29. The molecule has 0 spiro atoms. The lowest BCUT2D eigenvalue weighted by atomic mass is 10.2. The summed E-state index contributed by atoms with van der Waals surface area (Å²) in [5, 5.41) is 5.37. The maximum atomic E-state index is 6.09. The molecule has 0 radical (unpaired) electrons. The van der Waals surface area contributed by atoms with Crippen LogP contribution < -0.4 is 5.32 Å². The van der Waals surface area contributed by atoms with Crippen molar-refractivity contribution in [1.29, 1.82) is 0 Å². The summed E-state index contributed by atoms with van der Waals surface area (Å²) < 4.78 is 0. The van der Waals surface area contributed by atoms with Gasteiger partial charge in [-0.25, -0.2) is 4.98 Å². The van der Waals surface area contributed by atoms with Gasteiger partial charge in [-0.05, 0) is 31.1 Å². The van der Waals surface area contributed by atoms with Crippen molar-refractivity contribution in [2.45, 2.75) is 37.5 Å². The Morgan fingerprint density at radius 2 is 2.29 bits per heavy atom. The number of aromatic nitrogens is 1. The minimum atomic E-state index is 0.491. The first-order valence-electron chi connectivity index (χ1n) is 5.88. The molecule has 1 aromatic rings. The molecule has 1 aliphatic carbocycles. The molecule has 2 nitrogen and oxygen atoms in total. The Morgan fingerprint density at radius 3 is 3.00 bits per heavy atom. The number of nitrogens with one attached hydrogen (secondary N) is 1. The molecule has 2 unspecified atom stereocenters. The van der Waals surface area contributed by atoms with E-state index in [1.807, 2.05) is 11.8 Å². The number of hydrogen-bond donors (Lipinski definition) is 1. The molecule has 1 N–H and O–H groups in total. The number of halogens is 2. The lowest BCUT2D eigenvalue weighted by molar-refractivity contribution is 0.752. The molecule has 1 fully saturated rings. The SMILES string of the molecule is CCSC1CCC(Nc2ncc(Cl)cc2Cl)C1. The van der Waals surface area contributed by atoms with Crippen molar-refractivity contribution in [2.75, 3.05) is 11.1 Å². The third-order valence-electron chi connectivity index (χ3n) is 2.94. The molecule has 0 bridgehead atoms. The van der Waals surface area contributed by atoms with Gasteiger partial charge in [0.15, 0.2) is 0 Å². The van der Waals surface area contributed by atoms with E-state index in [9.17, 15) is 0 Å². The fourth-order valence-electron chi connectivity index (χ4n) is 2.17. The summed E-state index contributed by atoms with van der Waals surface area (Å²) in [5.74, 6) is 1.94. The fourth-order valence-corrected chi connectivity index (χ4v) is 3.75. The van der Waals surface area contributed by atoms with E-state index >= 15 is 0 Å². The number of rotatable bonds is 4. The van der Waals surface area contributed by atoms with Gasteiger partial charge in [-0.2, -0.15) is 11.8 Å². The standard InChI is InChI=1S/C12H16Cl2N2S/c1-2-17-10-4-3-9(6-10)16-12-11(14)5-8(13)7-15-12/h5,7,9-10H,2-4,6H2,1H3,(H,15,16). The van der Waals surface area contributed by atoms with Gasteiger partial charge in [0, 0.05) is 17.5 Å². The fraction of sp³-hybridized carbons (Fsp3) is 0.583. The molecule has 1 aliphatic rings. The first-order chi connectivity index (χ1) is 8.19. The molecule has 17 heavy (non-hydrogen) atoms. The second kappa shape index (κ2) is 6.17.